The summed E-state index contributed by atoms with van der Waals surface area (Å²) in [4.78, 5) is 0. The first-order valence-electron chi connectivity index (χ1n) is 9.07. The van der Waals surface area contributed by atoms with Gasteiger partial charge >= 0.3 is 0 Å². The third-order valence-corrected chi connectivity index (χ3v) is 4.51. The van der Waals surface area contributed by atoms with E-state index < -0.39 is 24.4 Å². The van der Waals surface area contributed by atoms with Crippen LogP contribution in [0.5, 0.6) is 0 Å². The van der Waals surface area contributed by atoms with Gasteiger partial charge in [0.05, 0.1) is 26.4 Å². The third kappa shape index (κ3) is 5.84. The molecule has 1 fully saturated rings. The van der Waals surface area contributed by atoms with E-state index in [0.29, 0.717) is 13.2 Å². The first-order valence-corrected chi connectivity index (χ1v) is 9.07. The van der Waals surface area contributed by atoms with Crippen LogP contribution in [0.3, 0.4) is 0 Å². The summed E-state index contributed by atoms with van der Waals surface area (Å²) in [6, 6.07) is 19.4. The van der Waals surface area contributed by atoms with Crippen molar-refractivity contribution in [2.45, 2.75) is 37.6 Å². The highest BCUT2D eigenvalue weighted by Crippen LogP contribution is 2.20. The van der Waals surface area contributed by atoms with Crippen LogP contribution in [0.2, 0.25) is 0 Å². The normalized spacial score (nSPS) is 25.9. The van der Waals surface area contributed by atoms with E-state index in [4.69, 9.17) is 18.9 Å². The fraction of sp³-hybridized carbons (Fsp3) is 0.429. The van der Waals surface area contributed by atoms with Crippen molar-refractivity contribution >= 4 is 0 Å². The van der Waals surface area contributed by atoms with Gasteiger partial charge in [0.25, 0.3) is 0 Å². The van der Waals surface area contributed by atoms with Crippen molar-refractivity contribution in [2.75, 3.05) is 20.0 Å². The highest BCUT2D eigenvalue weighted by molar-refractivity contribution is 5.14. The Bertz CT molecular complexity index is 650. The predicted molar refractivity (Wildman–Crippen MR) is 98.8 cm³/mol. The first-order chi connectivity index (χ1) is 13.3. The van der Waals surface area contributed by atoms with E-state index in [9.17, 15) is 10.2 Å². The number of aliphatic hydroxyl groups excluding tert-OH is 2. The van der Waals surface area contributed by atoms with Gasteiger partial charge in [-0.1, -0.05) is 60.7 Å². The molecule has 6 heteroatoms. The van der Waals surface area contributed by atoms with Gasteiger partial charge < -0.3 is 29.2 Å². The maximum absolute atomic E-state index is 10.8. The van der Waals surface area contributed by atoms with Crippen LogP contribution in [-0.2, 0) is 32.2 Å². The van der Waals surface area contributed by atoms with E-state index in [0.717, 1.165) is 11.1 Å². The molecule has 1 heterocycles. The average Bonchev–Trinajstić information content (AvgIpc) is 2.87. The van der Waals surface area contributed by atoms with Crippen LogP contribution in [0.1, 0.15) is 11.1 Å². The predicted octanol–water partition coefficient (Wildman–Crippen LogP) is 1.88. The van der Waals surface area contributed by atoms with E-state index in [1.807, 2.05) is 60.7 Å². The molecule has 146 valence electrons. The summed E-state index contributed by atoms with van der Waals surface area (Å²) in [5.41, 5.74) is 2.02. The summed E-state index contributed by atoms with van der Waals surface area (Å²) >= 11 is 0. The largest absolute Gasteiger partial charge is 0.394 e. The Morgan fingerprint density at radius 1 is 0.852 bits per heavy atom. The van der Waals surface area contributed by atoms with Crippen molar-refractivity contribution in [1.29, 1.82) is 0 Å². The van der Waals surface area contributed by atoms with Crippen LogP contribution in [-0.4, -0.2) is 54.6 Å². The van der Waals surface area contributed by atoms with E-state index in [-0.39, 0.29) is 20.0 Å². The molecule has 0 spiro atoms. The number of benzene rings is 2. The Morgan fingerprint density at radius 2 is 1.44 bits per heavy atom. The smallest absolute Gasteiger partial charge is 0.147 e. The zero-order chi connectivity index (χ0) is 18.9. The summed E-state index contributed by atoms with van der Waals surface area (Å²) in [6.07, 6.45) is -2.97. The second-order valence-electron chi connectivity index (χ2n) is 6.46. The molecule has 1 saturated heterocycles. The molecule has 4 atom stereocenters. The second kappa shape index (κ2) is 10.5. The maximum atomic E-state index is 10.8. The molecular formula is C21H26O6. The molecule has 27 heavy (non-hydrogen) atoms. The highest BCUT2D eigenvalue weighted by Gasteiger charge is 2.38. The summed E-state index contributed by atoms with van der Waals surface area (Å²) in [6.45, 7) is 0.625. The molecule has 0 aliphatic carbocycles. The molecule has 0 amide bonds. The van der Waals surface area contributed by atoms with Gasteiger partial charge in [-0.25, -0.2) is 0 Å². The Hall–Kier alpha value is -1.80. The molecule has 1 aliphatic rings. The lowest BCUT2D eigenvalue weighted by Gasteiger charge is -2.29. The summed E-state index contributed by atoms with van der Waals surface area (Å²) in [5, 5.41) is 20.4. The van der Waals surface area contributed by atoms with E-state index in [2.05, 4.69) is 0 Å². The SMILES string of the molecule is OC[C@H]1OCO[C@H](COCc2ccccc2)[C@@H](O)[C@@H]1OCc1ccccc1. The van der Waals surface area contributed by atoms with Gasteiger partial charge in [0.15, 0.2) is 0 Å². The molecule has 2 aromatic rings. The van der Waals surface area contributed by atoms with Crippen LogP contribution in [0, 0.1) is 0 Å². The Kier molecular flexibility index (Phi) is 7.77. The van der Waals surface area contributed by atoms with E-state index in [1.54, 1.807) is 0 Å². The molecular weight excluding hydrogens is 348 g/mol. The molecule has 2 N–H and O–H groups in total. The topological polar surface area (TPSA) is 77.4 Å². The van der Waals surface area contributed by atoms with Gasteiger partial charge in [-0.3, -0.25) is 0 Å². The molecule has 0 bridgehead atoms. The zero-order valence-electron chi connectivity index (χ0n) is 15.1. The van der Waals surface area contributed by atoms with Crippen molar-refractivity contribution in [3.63, 3.8) is 0 Å². The van der Waals surface area contributed by atoms with Gasteiger partial charge in [0.1, 0.15) is 31.2 Å². The van der Waals surface area contributed by atoms with Crippen LogP contribution in [0.25, 0.3) is 0 Å². The first kappa shape index (κ1) is 19.9. The molecule has 2 aromatic carbocycles. The third-order valence-electron chi connectivity index (χ3n) is 4.51. The lowest BCUT2D eigenvalue weighted by Crippen LogP contribution is -2.47. The van der Waals surface area contributed by atoms with Gasteiger partial charge in [0, 0.05) is 0 Å². The van der Waals surface area contributed by atoms with Gasteiger partial charge in [-0.15, -0.1) is 0 Å². The minimum atomic E-state index is -0.982. The quantitative estimate of drug-likeness (QED) is 0.735. The van der Waals surface area contributed by atoms with Gasteiger partial charge in [-0.05, 0) is 11.1 Å². The van der Waals surface area contributed by atoms with Crippen LogP contribution < -0.4 is 0 Å². The van der Waals surface area contributed by atoms with Crippen LogP contribution in [0.15, 0.2) is 60.7 Å². The van der Waals surface area contributed by atoms with Crippen LogP contribution >= 0.6 is 0 Å². The van der Waals surface area contributed by atoms with E-state index >= 15 is 0 Å². The minimum absolute atomic E-state index is 0.0349. The van der Waals surface area contributed by atoms with Crippen molar-refractivity contribution in [3.05, 3.63) is 71.8 Å². The average molecular weight is 374 g/mol. The zero-order valence-corrected chi connectivity index (χ0v) is 15.1. The molecule has 0 unspecified atom stereocenters. The molecule has 6 nitrogen and oxygen atoms in total. The van der Waals surface area contributed by atoms with Crippen molar-refractivity contribution in [2.24, 2.45) is 0 Å². The monoisotopic (exact) mass is 374 g/mol. The van der Waals surface area contributed by atoms with E-state index in [1.165, 1.54) is 0 Å². The Morgan fingerprint density at radius 3 is 2.07 bits per heavy atom. The second-order valence-corrected chi connectivity index (χ2v) is 6.46. The fourth-order valence-corrected chi connectivity index (χ4v) is 2.98. The molecule has 1 aliphatic heterocycles. The number of rotatable bonds is 8. The van der Waals surface area contributed by atoms with Crippen molar-refractivity contribution in [1.82, 2.24) is 0 Å². The molecule has 0 radical (unpaired) electrons. The maximum Gasteiger partial charge on any atom is 0.147 e. The standard InChI is InChI=1S/C21H26O6/c22-11-18-21(25-13-17-9-5-2-6-10-17)20(23)19(27-15-26-18)14-24-12-16-7-3-1-4-8-16/h1-10,18-23H,11-15H2/t18-,19-,20-,21-/m1/s1. The Balaban J connectivity index is 1.58. The number of aliphatic hydroxyl groups is 2. The van der Waals surface area contributed by atoms with Crippen molar-refractivity contribution < 1.29 is 29.2 Å². The summed E-state index contributed by atoms with van der Waals surface area (Å²) in [7, 11) is 0. The minimum Gasteiger partial charge on any atom is -0.394 e. The fourth-order valence-electron chi connectivity index (χ4n) is 2.98. The van der Waals surface area contributed by atoms with Crippen LogP contribution in [0.4, 0.5) is 0 Å². The summed E-state index contributed by atoms with van der Waals surface area (Å²) in [5.74, 6) is 0. The molecule has 0 aromatic heterocycles. The number of hydrogen-bond acceptors (Lipinski definition) is 6. The lowest BCUT2D eigenvalue weighted by molar-refractivity contribution is -0.133. The van der Waals surface area contributed by atoms with Gasteiger partial charge in [0.2, 0.25) is 0 Å². The van der Waals surface area contributed by atoms with Gasteiger partial charge in [-0.2, -0.15) is 0 Å². The highest BCUT2D eigenvalue weighted by atomic mass is 16.7. The Labute approximate surface area is 159 Å². The summed E-state index contributed by atoms with van der Waals surface area (Å²) < 4.78 is 22.7. The van der Waals surface area contributed by atoms with Crippen molar-refractivity contribution in [3.8, 4) is 0 Å². The molecule has 3 rings (SSSR count). The molecule has 0 saturated carbocycles. The number of ether oxygens (including phenoxy) is 4. The lowest BCUT2D eigenvalue weighted by atomic mass is 10.0. The number of hydrogen-bond donors (Lipinski definition) is 2.